The molecule has 24 heavy (non-hydrogen) atoms. The van der Waals surface area contributed by atoms with Gasteiger partial charge in [0.2, 0.25) is 5.91 Å². The SMILES string of the molecule is O=C(NCc1cccc(CO)c1)[C@@H]1CCO[C@@H]1CC1CCNCC1. The number of ether oxygens (including phenoxy) is 1. The Morgan fingerprint density at radius 1 is 1.25 bits per heavy atom. The zero-order chi connectivity index (χ0) is 16.8. The monoisotopic (exact) mass is 332 g/mol. The van der Waals surface area contributed by atoms with E-state index in [9.17, 15) is 9.90 Å². The van der Waals surface area contributed by atoms with E-state index in [0.717, 1.165) is 37.1 Å². The minimum absolute atomic E-state index is 0.0244. The highest BCUT2D eigenvalue weighted by molar-refractivity contribution is 5.79. The van der Waals surface area contributed by atoms with Gasteiger partial charge in [0, 0.05) is 13.2 Å². The summed E-state index contributed by atoms with van der Waals surface area (Å²) in [4.78, 5) is 12.6. The van der Waals surface area contributed by atoms with Crippen LogP contribution < -0.4 is 10.6 Å². The summed E-state index contributed by atoms with van der Waals surface area (Å²) >= 11 is 0. The maximum absolute atomic E-state index is 12.6. The number of piperidine rings is 1. The number of carbonyl (C=O) groups excluding carboxylic acids is 1. The summed E-state index contributed by atoms with van der Waals surface area (Å²) in [6, 6.07) is 7.69. The lowest BCUT2D eigenvalue weighted by molar-refractivity contribution is -0.127. The Morgan fingerprint density at radius 2 is 2.04 bits per heavy atom. The molecule has 0 bridgehead atoms. The molecule has 2 fully saturated rings. The normalized spacial score (nSPS) is 24.9. The number of amides is 1. The number of rotatable bonds is 6. The fourth-order valence-electron chi connectivity index (χ4n) is 3.78. The predicted octanol–water partition coefficient (Wildman–Crippen LogP) is 1.59. The molecule has 2 aliphatic heterocycles. The molecule has 1 aromatic carbocycles. The van der Waals surface area contributed by atoms with Crippen LogP contribution in [0, 0.1) is 11.8 Å². The molecule has 2 saturated heterocycles. The topological polar surface area (TPSA) is 70.6 Å². The van der Waals surface area contributed by atoms with Gasteiger partial charge in [0.05, 0.1) is 18.6 Å². The van der Waals surface area contributed by atoms with Crippen molar-refractivity contribution >= 4 is 5.91 Å². The van der Waals surface area contributed by atoms with Crippen molar-refractivity contribution in [2.45, 2.75) is 44.9 Å². The maximum atomic E-state index is 12.6. The quantitative estimate of drug-likeness (QED) is 0.740. The molecule has 3 rings (SSSR count). The molecule has 3 N–H and O–H groups in total. The van der Waals surface area contributed by atoms with Gasteiger partial charge in [-0.2, -0.15) is 0 Å². The molecule has 1 aromatic rings. The Kier molecular flexibility index (Phi) is 6.24. The van der Waals surface area contributed by atoms with Gasteiger partial charge < -0.3 is 20.5 Å². The average Bonchev–Trinajstić information content (AvgIpc) is 3.09. The number of benzene rings is 1. The molecule has 0 aromatic heterocycles. The maximum Gasteiger partial charge on any atom is 0.226 e. The molecule has 2 atom stereocenters. The lowest BCUT2D eigenvalue weighted by Gasteiger charge is -2.27. The van der Waals surface area contributed by atoms with Gasteiger partial charge in [0.25, 0.3) is 0 Å². The van der Waals surface area contributed by atoms with Gasteiger partial charge in [-0.15, -0.1) is 0 Å². The lowest BCUT2D eigenvalue weighted by Crippen LogP contribution is -2.37. The van der Waals surface area contributed by atoms with Crippen molar-refractivity contribution in [1.82, 2.24) is 10.6 Å². The van der Waals surface area contributed by atoms with Gasteiger partial charge >= 0.3 is 0 Å². The minimum Gasteiger partial charge on any atom is -0.392 e. The van der Waals surface area contributed by atoms with Gasteiger partial charge in [0.15, 0.2) is 0 Å². The third-order valence-electron chi connectivity index (χ3n) is 5.21. The summed E-state index contributed by atoms with van der Waals surface area (Å²) in [7, 11) is 0. The van der Waals surface area contributed by atoms with E-state index in [-0.39, 0.29) is 24.5 Å². The molecule has 0 radical (unpaired) electrons. The molecule has 5 nitrogen and oxygen atoms in total. The third-order valence-corrected chi connectivity index (χ3v) is 5.21. The summed E-state index contributed by atoms with van der Waals surface area (Å²) in [5.41, 5.74) is 1.89. The molecule has 0 aliphatic carbocycles. The molecule has 2 aliphatic rings. The Hall–Kier alpha value is -1.43. The first kappa shape index (κ1) is 17.4. The van der Waals surface area contributed by atoms with Crippen molar-refractivity contribution in [1.29, 1.82) is 0 Å². The second kappa shape index (κ2) is 8.60. The fraction of sp³-hybridized carbons (Fsp3) is 0.632. The number of aliphatic hydroxyl groups is 1. The summed E-state index contributed by atoms with van der Waals surface area (Å²) in [6.45, 7) is 3.37. The fourth-order valence-corrected chi connectivity index (χ4v) is 3.78. The average molecular weight is 332 g/mol. The Labute approximate surface area is 143 Å². The van der Waals surface area contributed by atoms with Gasteiger partial charge in [-0.3, -0.25) is 4.79 Å². The van der Waals surface area contributed by atoms with E-state index in [1.807, 2.05) is 24.3 Å². The van der Waals surface area contributed by atoms with E-state index >= 15 is 0 Å². The standard InChI is InChI=1S/C19H28N2O3/c22-13-16-3-1-2-15(10-16)12-21-19(23)17-6-9-24-18(17)11-14-4-7-20-8-5-14/h1-3,10,14,17-18,20,22H,4-9,11-13H2,(H,21,23)/t17-,18-/m1/s1. The zero-order valence-electron chi connectivity index (χ0n) is 14.2. The second-order valence-electron chi connectivity index (χ2n) is 6.93. The molecule has 1 amide bonds. The lowest BCUT2D eigenvalue weighted by atomic mass is 9.87. The first-order valence-corrected chi connectivity index (χ1v) is 9.05. The van der Waals surface area contributed by atoms with Crippen molar-refractivity contribution in [3.05, 3.63) is 35.4 Å². The van der Waals surface area contributed by atoms with E-state index in [2.05, 4.69) is 10.6 Å². The summed E-state index contributed by atoms with van der Waals surface area (Å²) < 4.78 is 5.86. The largest absolute Gasteiger partial charge is 0.392 e. The third kappa shape index (κ3) is 4.56. The van der Waals surface area contributed by atoms with Crippen molar-refractivity contribution in [3.8, 4) is 0 Å². The smallest absolute Gasteiger partial charge is 0.226 e. The Morgan fingerprint density at radius 3 is 2.83 bits per heavy atom. The summed E-state index contributed by atoms with van der Waals surface area (Å²) in [6.07, 6.45) is 4.25. The van der Waals surface area contributed by atoms with E-state index in [1.165, 1.54) is 12.8 Å². The van der Waals surface area contributed by atoms with Gasteiger partial charge in [-0.25, -0.2) is 0 Å². The van der Waals surface area contributed by atoms with E-state index in [1.54, 1.807) is 0 Å². The summed E-state index contributed by atoms with van der Waals surface area (Å²) in [5.74, 6) is 0.743. The predicted molar refractivity (Wildman–Crippen MR) is 92.3 cm³/mol. The van der Waals surface area contributed by atoms with Crippen LogP contribution in [0.5, 0.6) is 0 Å². The number of aliphatic hydroxyl groups excluding tert-OH is 1. The van der Waals surface area contributed by atoms with Crippen LogP contribution in [0.3, 0.4) is 0 Å². The van der Waals surface area contributed by atoms with Gasteiger partial charge in [-0.1, -0.05) is 24.3 Å². The van der Waals surface area contributed by atoms with E-state index < -0.39 is 0 Å². The van der Waals surface area contributed by atoms with Crippen LogP contribution in [0.15, 0.2) is 24.3 Å². The number of carbonyl (C=O) groups is 1. The minimum atomic E-state index is -0.0269. The Balaban J connectivity index is 1.51. The number of hydrogen-bond donors (Lipinski definition) is 3. The van der Waals surface area contributed by atoms with Crippen LogP contribution in [0.4, 0.5) is 0 Å². The van der Waals surface area contributed by atoms with Crippen LogP contribution in [0.25, 0.3) is 0 Å². The van der Waals surface area contributed by atoms with Crippen molar-refractivity contribution < 1.29 is 14.6 Å². The van der Waals surface area contributed by atoms with Gasteiger partial charge in [0.1, 0.15) is 0 Å². The van der Waals surface area contributed by atoms with Crippen LogP contribution in [-0.2, 0) is 22.7 Å². The molecule has 0 spiro atoms. The molecule has 0 saturated carbocycles. The zero-order valence-corrected chi connectivity index (χ0v) is 14.2. The van der Waals surface area contributed by atoms with Crippen LogP contribution >= 0.6 is 0 Å². The van der Waals surface area contributed by atoms with Crippen LogP contribution in [0.1, 0.15) is 36.8 Å². The molecule has 0 unspecified atom stereocenters. The van der Waals surface area contributed by atoms with Crippen LogP contribution in [-0.4, -0.2) is 36.8 Å². The van der Waals surface area contributed by atoms with E-state index in [0.29, 0.717) is 19.1 Å². The highest BCUT2D eigenvalue weighted by atomic mass is 16.5. The van der Waals surface area contributed by atoms with Gasteiger partial charge in [-0.05, 0) is 55.8 Å². The number of hydrogen-bond acceptors (Lipinski definition) is 4. The number of nitrogens with one attached hydrogen (secondary N) is 2. The first-order chi connectivity index (χ1) is 11.8. The Bertz CT molecular complexity index is 543. The first-order valence-electron chi connectivity index (χ1n) is 9.05. The van der Waals surface area contributed by atoms with E-state index in [4.69, 9.17) is 4.74 Å². The highest BCUT2D eigenvalue weighted by Crippen LogP contribution is 2.29. The summed E-state index contributed by atoms with van der Waals surface area (Å²) in [5, 5.41) is 15.6. The van der Waals surface area contributed by atoms with Crippen LogP contribution in [0.2, 0.25) is 0 Å². The molecular formula is C19H28N2O3. The van der Waals surface area contributed by atoms with Crippen molar-refractivity contribution in [2.75, 3.05) is 19.7 Å². The second-order valence-corrected chi connectivity index (χ2v) is 6.93. The van der Waals surface area contributed by atoms with Crippen molar-refractivity contribution in [3.63, 3.8) is 0 Å². The molecule has 2 heterocycles. The molecule has 5 heteroatoms. The molecular weight excluding hydrogens is 304 g/mol. The van der Waals surface area contributed by atoms with Crippen molar-refractivity contribution in [2.24, 2.45) is 11.8 Å². The molecule has 132 valence electrons. The highest BCUT2D eigenvalue weighted by Gasteiger charge is 2.35.